The van der Waals surface area contributed by atoms with Gasteiger partial charge in [0.2, 0.25) is 0 Å². The maximum atomic E-state index is 12.4. The molecule has 1 N–H and O–H groups in total. The van der Waals surface area contributed by atoms with Crippen LogP contribution < -0.4 is 0 Å². The zero-order chi connectivity index (χ0) is 15.6. The maximum absolute atomic E-state index is 12.4. The third-order valence-corrected chi connectivity index (χ3v) is 4.76. The van der Waals surface area contributed by atoms with Crippen molar-refractivity contribution in [3.8, 4) is 0 Å². The average Bonchev–Trinajstić information content (AvgIpc) is 2.37. The van der Waals surface area contributed by atoms with Crippen molar-refractivity contribution in [3.05, 3.63) is 64.7 Å². The summed E-state index contributed by atoms with van der Waals surface area (Å²) < 4.78 is 24.8. The van der Waals surface area contributed by atoms with Crippen molar-refractivity contribution in [1.29, 1.82) is 0 Å². The molecule has 2 rings (SSSR count). The summed E-state index contributed by atoms with van der Waals surface area (Å²) in [5.41, 5.74) is 2.67. The van der Waals surface area contributed by atoms with Crippen LogP contribution >= 0.6 is 0 Å². The molecular formula is C16H16O4S. The van der Waals surface area contributed by atoms with E-state index >= 15 is 0 Å². The Morgan fingerprint density at radius 1 is 1.05 bits per heavy atom. The lowest BCUT2D eigenvalue weighted by Gasteiger charge is -2.07. The van der Waals surface area contributed by atoms with E-state index in [4.69, 9.17) is 5.11 Å². The third-order valence-electron chi connectivity index (χ3n) is 3.08. The van der Waals surface area contributed by atoms with Crippen LogP contribution in [0.5, 0.6) is 0 Å². The Morgan fingerprint density at radius 2 is 1.67 bits per heavy atom. The number of aryl methyl sites for hydroxylation is 2. The molecule has 5 heteroatoms. The molecule has 0 aliphatic heterocycles. The van der Waals surface area contributed by atoms with Crippen LogP contribution in [0.1, 0.15) is 27.0 Å². The van der Waals surface area contributed by atoms with E-state index in [-0.39, 0.29) is 16.2 Å². The van der Waals surface area contributed by atoms with Crippen molar-refractivity contribution in [2.75, 3.05) is 0 Å². The van der Waals surface area contributed by atoms with Gasteiger partial charge < -0.3 is 5.11 Å². The first kappa shape index (κ1) is 15.3. The topological polar surface area (TPSA) is 71.4 Å². The summed E-state index contributed by atoms with van der Waals surface area (Å²) in [6, 6.07) is 11.1. The molecule has 0 aliphatic carbocycles. The van der Waals surface area contributed by atoms with Crippen LogP contribution in [0, 0.1) is 13.8 Å². The van der Waals surface area contributed by atoms with Crippen LogP contribution in [0.15, 0.2) is 47.4 Å². The third kappa shape index (κ3) is 3.70. The number of rotatable bonds is 4. The lowest BCUT2D eigenvalue weighted by Crippen LogP contribution is -2.07. The molecule has 0 amide bonds. The number of sulfone groups is 1. The summed E-state index contributed by atoms with van der Waals surface area (Å²) in [6.45, 7) is 3.82. The number of aromatic carboxylic acids is 1. The lowest BCUT2D eigenvalue weighted by molar-refractivity contribution is 0.0696. The molecule has 0 radical (unpaired) electrons. The molecule has 0 aromatic heterocycles. The molecule has 0 bridgehead atoms. The van der Waals surface area contributed by atoms with Crippen LogP contribution in [0.3, 0.4) is 0 Å². The van der Waals surface area contributed by atoms with Crippen molar-refractivity contribution in [2.24, 2.45) is 0 Å². The van der Waals surface area contributed by atoms with E-state index in [1.807, 2.05) is 32.0 Å². The minimum absolute atomic E-state index is 0.0292. The first-order valence-electron chi connectivity index (χ1n) is 6.41. The second kappa shape index (κ2) is 5.69. The van der Waals surface area contributed by atoms with Crippen LogP contribution in [0.2, 0.25) is 0 Å². The fourth-order valence-corrected chi connectivity index (χ4v) is 3.64. The van der Waals surface area contributed by atoms with Gasteiger partial charge in [0, 0.05) is 0 Å². The van der Waals surface area contributed by atoms with Gasteiger partial charge in [-0.3, -0.25) is 0 Å². The standard InChI is InChI=1S/C16H16O4S/c1-11-6-12(2)8-13(7-11)10-21(19,20)15-5-3-4-14(9-15)16(17)18/h3-9H,10H2,1-2H3,(H,17,18). The zero-order valence-electron chi connectivity index (χ0n) is 11.8. The monoisotopic (exact) mass is 304 g/mol. The summed E-state index contributed by atoms with van der Waals surface area (Å²) >= 11 is 0. The lowest BCUT2D eigenvalue weighted by atomic mass is 10.1. The van der Waals surface area contributed by atoms with Gasteiger partial charge in [0.25, 0.3) is 0 Å². The molecule has 2 aromatic carbocycles. The molecule has 0 saturated carbocycles. The normalized spacial score (nSPS) is 11.3. The fraction of sp³-hybridized carbons (Fsp3) is 0.188. The summed E-state index contributed by atoms with van der Waals surface area (Å²) in [4.78, 5) is 11.0. The second-order valence-corrected chi connectivity index (χ2v) is 7.08. The number of benzene rings is 2. The Kier molecular flexibility index (Phi) is 4.14. The van der Waals surface area contributed by atoms with Crippen molar-refractivity contribution in [3.63, 3.8) is 0 Å². The number of carboxylic acid groups (broad SMARTS) is 1. The first-order chi connectivity index (χ1) is 9.78. The minimum Gasteiger partial charge on any atom is -0.478 e. The highest BCUT2D eigenvalue weighted by Crippen LogP contribution is 2.19. The Hall–Kier alpha value is -2.14. The molecule has 21 heavy (non-hydrogen) atoms. The molecule has 0 atom stereocenters. The van der Waals surface area contributed by atoms with Gasteiger partial charge in [0.15, 0.2) is 9.84 Å². The molecule has 0 heterocycles. The molecule has 0 unspecified atom stereocenters. The minimum atomic E-state index is -3.57. The van der Waals surface area contributed by atoms with Gasteiger partial charge >= 0.3 is 5.97 Å². The van der Waals surface area contributed by atoms with E-state index in [2.05, 4.69) is 0 Å². The summed E-state index contributed by atoms with van der Waals surface area (Å²) in [7, 11) is -3.57. The SMILES string of the molecule is Cc1cc(C)cc(CS(=O)(=O)c2cccc(C(=O)O)c2)c1. The number of hydrogen-bond donors (Lipinski definition) is 1. The fourth-order valence-electron chi connectivity index (χ4n) is 2.28. The van der Waals surface area contributed by atoms with Crippen LogP contribution in [0.25, 0.3) is 0 Å². The average molecular weight is 304 g/mol. The Bertz CT molecular complexity index is 771. The van der Waals surface area contributed by atoms with Crippen LogP contribution in [-0.2, 0) is 15.6 Å². The van der Waals surface area contributed by atoms with Crippen molar-refractivity contribution in [2.45, 2.75) is 24.5 Å². The molecule has 0 fully saturated rings. The van der Waals surface area contributed by atoms with Gasteiger partial charge in [-0.2, -0.15) is 0 Å². The Balaban J connectivity index is 2.38. The molecular weight excluding hydrogens is 288 g/mol. The van der Waals surface area contributed by atoms with Crippen molar-refractivity contribution >= 4 is 15.8 Å². The quantitative estimate of drug-likeness (QED) is 0.942. The van der Waals surface area contributed by atoms with Crippen LogP contribution in [-0.4, -0.2) is 19.5 Å². The van der Waals surface area contributed by atoms with Gasteiger partial charge in [0.05, 0.1) is 16.2 Å². The van der Waals surface area contributed by atoms with E-state index < -0.39 is 15.8 Å². The molecule has 0 spiro atoms. The highest BCUT2D eigenvalue weighted by molar-refractivity contribution is 7.90. The Morgan fingerprint density at radius 3 is 2.24 bits per heavy atom. The number of hydrogen-bond acceptors (Lipinski definition) is 3. The smallest absolute Gasteiger partial charge is 0.335 e. The molecule has 0 saturated heterocycles. The largest absolute Gasteiger partial charge is 0.478 e. The van der Waals surface area contributed by atoms with E-state index in [0.717, 1.165) is 11.1 Å². The number of carboxylic acids is 1. The summed E-state index contributed by atoms with van der Waals surface area (Å²) in [6.07, 6.45) is 0. The van der Waals surface area contributed by atoms with Gasteiger partial charge in [-0.1, -0.05) is 35.4 Å². The predicted molar refractivity (Wildman–Crippen MR) is 80.2 cm³/mol. The molecule has 2 aromatic rings. The van der Waals surface area contributed by atoms with E-state index in [0.29, 0.717) is 5.56 Å². The van der Waals surface area contributed by atoms with E-state index in [1.54, 1.807) is 0 Å². The maximum Gasteiger partial charge on any atom is 0.335 e. The first-order valence-corrected chi connectivity index (χ1v) is 8.06. The zero-order valence-corrected chi connectivity index (χ0v) is 12.6. The van der Waals surface area contributed by atoms with Gasteiger partial charge in [0.1, 0.15) is 0 Å². The van der Waals surface area contributed by atoms with Crippen molar-refractivity contribution in [1.82, 2.24) is 0 Å². The Labute approximate surface area is 124 Å². The van der Waals surface area contributed by atoms with Crippen LogP contribution in [0.4, 0.5) is 0 Å². The highest BCUT2D eigenvalue weighted by atomic mass is 32.2. The highest BCUT2D eigenvalue weighted by Gasteiger charge is 2.17. The van der Waals surface area contributed by atoms with Gasteiger partial charge in [-0.15, -0.1) is 0 Å². The second-order valence-electron chi connectivity index (χ2n) is 5.09. The predicted octanol–water partition coefficient (Wildman–Crippen LogP) is 2.98. The van der Waals surface area contributed by atoms with E-state index in [1.165, 1.54) is 24.3 Å². The summed E-state index contributed by atoms with van der Waals surface area (Å²) in [5, 5.41) is 8.94. The number of carbonyl (C=O) groups is 1. The molecule has 110 valence electrons. The molecule has 4 nitrogen and oxygen atoms in total. The van der Waals surface area contributed by atoms with Gasteiger partial charge in [-0.05, 0) is 37.6 Å². The molecule has 0 aliphatic rings. The van der Waals surface area contributed by atoms with Crippen molar-refractivity contribution < 1.29 is 18.3 Å². The summed E-state index contributed by atoms with van der Waals surface area (Å²) in [5.74, 6) is -1.28. The van der Waals surface area contributed by atoms with E-state index in [9.17, 15) is 13.2 Å². The van der Waals surface area contributed by atoms with Gasteiger partial charge in [-0.25, -0.2) is 13.2 Å².